The molecule has 31 heavy (non-hydrogen) atoms. The van der Waals surface area contributed by atoms with E-state index in [-0.39, 0.29) is 10.9 Å². The van der Waals surface area contributed by atoms with E-state index in [1.807, 2.05) is 19.1 Å². The molecule has 0 aliphatic carbocycles. The fraction of sp³-hybridized carbons (Fsp3) is 0.500. The van der Waals surface area contributed by atoms with Crippen LogP contribution in [-0.2, 0) is 9.84 Å². The van der Waals surface area contributed by atoms with Gasteiger partial charge in [0, 0.05) is 12.8 Å². The first kappa shape index (κ1) is 23.1. The van der Waals surface area contributed by atoms with Gasteiger partial charge in [0.1, 0.15) is 18.1 Å². The van der Waals surface area contributed by atoms with Gasteiger partial charge in [0.25, 0.3) is 0 Å². The molecule has 1 aliphatic heterocycles. The second-order valence-electron chi connectivity index (χ2n) is 7.51. The number of nitrogens with one attached hydrogen (secondary N) is 2. The molecule has 170 valence electrons. The summed E-state index contributed by atoms with van der Waals surface area (Å²) in [6.45, 7) is 6.52. The van der Waals surface area contributed by atoms with Crippen molar-refractivity contribution < 1.29 is 17.6 Å². The number of hydrogen-bond donors (Lipinski definition) is 2. The van der Waals surface area contributed by atoms with Crippen molar-refractivity contribution in [3.63, 3.8) is 0 Å². The molecule has 9 heteroatoms. The zero-order chi connectivity index (χ0) is 22.1. The fourth-order valence-electron chi connectivity index (χ4n) is 3.56. The third-order valence-electron chi connectivity index (χ3n) is 5.13. The normalized spacial score (nSPS) is 16.3. The molecule has 1 fully saturated rings. The second-order valence-corrected chi connectivity index (χ2v) is 9.53. The minimum absolute atomic E-state index is 0.137. The summed E-state index contributed by atoms with van der Waals surface area (Å²) in [4.78, 5) is 7.47. The van der Waals surface area contributed by atoms with Crippen LogP contribution < -0.4 is 15.4 Å². The van der Waals surface area contributed by atoms with Crippen LogP contribution in [0.4, 0.5) is 0 Å². The number of benzene rings is 1. The van der Waals surface area contributed by atoms with Crippen LogP contribution in [0.15, 0.2) is 57.0 Å². The number of hydrogen-bond acceptors (Lipinski definition) is 6. The molecule has 3 rings (SSSR count). The maximum Gasteiger partial charge on any atom is 0.191 e. The Hall–Kier alpha value is -2.52. The van der Waals surface area contributed by atoms with Gasteiger partial charge in [-0.15, -0.1) is 0 Å². The first-order valence-corrected chi connectivity index (χ1v) is 12.6. The van der Waals surface area contributed by atoms with E-state index in [1.54, 1.807) is 30.5 Å². The van der Waals surface area contributed by atoms with E-state index < -0.39 is 9.84 Å². The van der Waals surface area contributed by atoms with Crippen LogP contribution in [0.3, 0.4) is 0 Å². The quantitative estimate of drug-likeness (QED) is 0.327. The molecule has 0 radical (unpaired) electrons. The van der Waals surface area contributed by atoms with Crippen molar-refractivity contribution in [2.75, 3.05) is 45.6 Å². The number of likely N-dealkylation sites (tertiary alicyclic amines) is 1. The first-order valence-electron chi connectivity index (χ1n) is 10.7. The molecule has 0 saturated carbocycles. The smallest absolute Gasteiger partial charge is 0.191 e. The van der Waals surface area contributed by atoms with Gasteiger partial charge in [-0.1, -0.05) is 0 Å². The van der Waals surface area contributed by atoms with Crippen molar-refractivity contribution in [2.24, 2.45) is 4.99 Å². The standard InChI is InChI=1S/C22H32N4O4S/c1-3-23-22(24-12-16-29-18-8-10-19(11-9-18)31(2,27)28)25-17-20(21-7-6-15-30-21)26-13-4-5-14-26/h6-11,15,20H,3-5,12-14,16-17H2,1-2H3,(H2,23,24,25). The number of sulfone groups is 1. The number of ether oxygens (including phenoxy) is 1. The summed E-state index contributed by atoms with van der Waals surface area (Å²) in [5, 5.41) is 6.55. The fourth-order valence-corrected chi connectivity index (χ4v) is 4.19. The summed E-state index contributed by atoms with van der Waals surface area (Å²) < 4.78 is 34.4. The molecule has 1 aromatic carbocycles. The van der Waals surface area contributed by atoms with Crippen molar-refractivity contribution in [3.05, 3.63) is 48.4 Å². The van der Waals surface area contributed by atoms with Gasteiger partial charge in [0.15, 0.2) is 15.8 Å². The van der Waals surface area contributed by atoms with Crippen LogP contribution >= 0.6 is 0 Å². The van der Waals surface area contributed by atoms with Gasteiger partial charge in [-0.2, -0.15) is 0 Å². The Morgan fingerprint density at radius 1 is 1.19 bits per heavy atom. The van der Waals surface area contributed by atoms with Crippen LogP contribution in [0.1, 0.15) is 31.6 Å². The average Bonchev–Trinajstić information content (AvgIpc) is 3.46. The minimum atomic E-state index is -3.20. The molecule has 0 spiro atoms. The Morgan fingerprint density at radius 2 is 1.94 bits per heavy atom. The SMILES string of the molecule is CCNC(=NCC(c1ccco1)N1CCCC1)NCCOc1ccc(S(C)(=O)=O)cc1. The van der Waals surface area contributed by atoms with Crippen LogP contribution in [0, 0.1) is 0 Å². The molecule has 1 aromatic heterocycles. The molecule has 1 atom stereocenters. The largest absolute Gasteiger partial charge is 0.492 e. The Bertz CT molecular complexity index is 921. The minimum Gasteiger partial charge on any atom is -0.492 e. The van der Waals surface area contributed by atoms with E-state index in [0.717, 1.165) is 31.4 Å². The van der Waals surface area contributed by atoms with Gasteiger partial charge in [-0.25, -0.2) is 8.42 Å². The van der Waals surface area contributed by atoms with Gasteiger partial charge < -0.3 is 19.8 Å². The predicted molar refractivity (Wildman–Crippen MR) is 121 cm³/mol. The summed E-state index contributed by atoms with van der Waals surface area (Å²) in [6, 6.07) is 10.5. The van der Waals surface area contributed by atoms with Crippen LogP contribution in [0.5, 0.6) is 5.75 Å². The molecular formula is C22H32N4O4S. The highest BCUT2D eigenvalue weighted by molar-refractivity contribution is 7.90. The lowest BCUT2D eigenvalue weighted by Crippen LogP contribution is -2.40. The number of furan rings is 1. The Labute approximate surface area is 184 Å². The lowest BCUT2D eigenvalue weighted by Gasteiger charge is -2.24. The Balaban J connectivity index is 1.52. The molecule has 1 aliphatic rings. The van der Waals surface area contributed by atoms with Crippen molar-refractivity contribution in [3.8, 4) is 5.75 Å². The predicted octanol–water partition coefficient (Wildman–Crippen LogP) is 2.45. The zero-order valence-electron chi connectivity index (χ0n) is 18.2. The van der Waals surface area contributed by atoms with Gasteiger partial charge >= 0.3 is 0 Å². The summed E-state index contributed by atoms with van der Waals surface area (Å²) >= 11 is 0. The van der Waals surface area contributed by atoms with E-state index in [9.17, 15) is 8.42 Å². The maximum atomic E-state index is 11.5. The summed E-state index contributed by atoms with van der Waals surface area (Å²) in [6.07, 6.45) is 5.32. The van der Waals surface area contributed by atoms with Crippen molar-refractivity contribution in [2.45, 2.75) is 30.7 Å². The van der Waals surface area contributed by atoms with E-state index in [2.05, 4.69) is 15.5 Å². The molecule has 2 aromatic rings. The summed E-state index contributed by atoms with van der Waals surface area (Å²) in [5.41, 5.74) is 0. The average molecular weight is 449 g/mol. The molecule has 8 nitrogen and oxygen atoms in total. The van der Waals surface area contributed by atoms with Crippen molar-refractivity contribution >= 4 is 15.8 Å². The van der Waals surface area contributed by atoms with Gasteiger partial charge in [0.2, 0.25) is 0 Å². The van der Waals surface area contributed by atoms with E-state index in [4.69, 9.17) is 14.1 Å². The summed E-state index contributed by atoms with van der Waals surface area (Å²) in [5.74, 6) is 2.31. The molecule has 1 saturated heterocycles. The lowest BCUT2D eigenvalue weighted by atomic mass is 10.2. The van der Waals surface area contributed by atoms with Crippen LogP contribution in [0.25, 0.3) is 0 Å². The van der Waals surface area contributed by atoms with E-state index in [0.29, 0.717) is 25.4 Å². The summed E-state index contributed by atoms with van der Waals surface area (Å²) in [7, 11) is -3.20. The van der Waals surface area contributed by atoms with Crippen LogP contribution in [-0.4, -0.2) is 64.9 Å². The highest BCUT2D eigenvalue weighted by atomic mass is 32.2. The van der Waals surface area contributed by atoms with Crippen molar-refractivity contribution in [1.82, 2.24) is 15.5 Å². The van der Waals surface area contributed by atoms with Gasteiger partial charge in [0.05, 0.1) is 30.3 Å². The van der Waals surface area contributed by atoms with Crippen LogP contribution in [0.2, 0.25) is 0 Å². The second kappa shape index (κ2) is 11.2. The number of guanidine groups is 1. The number of rotatable bonds is 10. The third-order valence-corrected chi connectivity index (χ3v) is 6.26. The third kappa shape index (κ3) is 7.00. The van der Waals surface area contributed by atoms with Crippen molar-refractivity contribution in [1.29, 1.82) is 0 Å². The number of nitrogens with zero attached hydrogens (tertiary/aromatic N) is 2. The molecule has 0 bridgehead atoms. The molecule has 1 unspecified atom stereocenters. The topological polar surface area (TPSA) is 96.2 Å². The molecule has 2 heterocycles. The number of aliphatic imine (C=N–C) groups is 1. The van der Waals surface area contributed by atoms with E-state index >= 15 is 0 Å². The molecule has 2 N–H and O–H groups in total. The highest BCUT2D eigenvalue weighted by Gasteiger charge is 2.25. The highest BCUT2D eigenvalue weighted by Crippen LogP contribution is 2.25. The van der Waals surface area contributed by atoms with Gasteiger partial charge in [-0.3, -0.25) is 9.89 Å². The Morgan fingerprint density at radius 3 is 2.55 bits per heavy atom. The molecular weight excluding hydrogens is 416 g/mol. The van der Waals surface area contributed by atoms with Gasteiger partial charge in [-0.05, 0) is 69.3 Å². The zero-order valence-corrected chi connectivity index (χ0v) is 19.0. The lowest BCUT2D eigenvalue weighted by molar-refractivity contribution is 0.221. The molecule has 0 amide bonds. The first-order chi connectivity index (χ1) is 15.0. The monoisotopic (exact) mass is 448 g/mol. The van der Waals surface area contributed by atoms with E-state index in [1.165, 1.54) is 19.1 Å². The maximum absolute atomic E-state index is 11.5. The Kier molecular flexibility index (Phi) is 8.36.